The molecule has 0 aliphatic heterocycles. The number of nitrogens with zero attached hydrogens (tertiary/aromatic N) is 2. The Hall–Kier alpha value is -1.43. The maximum Gasteiger partial charge on any atom is 0.238 e. The van der Waals surface area contributed by atoms with Gasteiger partial charge in [-0.1, -0.05) is 23.2 Å². The molecule has 0 bridgehead atoms. The largest absolute Gasteiger partial charge is 0.480 e. The van der Waals surface area contributed by atoms with E-state index in [9.17, 15) is 0 Å². The highest BCUT2D eigenvalue weighted by atomic mass is 35.5. The van der Waals surface area contributed by atoms with Gasteiger partial charge in [-0.25, -0.2) is 0 Å². The number of halogens is 2. The van der Waals surface area contributed by atoms with Crippen molar-refractivity contribution in [3.05, 3.63) is 45.5 Å². The van der Waals surface area contributed by atoms with Crippen LogP contribution >= 0.6 is 34.5 Å². The fraction of sp³-hybridized carbons (Fsp3) is 0.154. The molecule has 1 aromatic carbocycles. The third-order valence-corrected chi connectivity index (χ3v) is 4.20. The van der Waals surface area contributed by atoms with E-state index in [0.717, 1.165) is 16.3 Å². The molecule has 0 spiro atoms. The van der Waals surface area contributed by atoms with Crippen LogP contribution in [0.2, 0.25) is 10.0 Å². The first-order valence-electron chi connectivity index (χ1n) is 5.86. The topological polar surface area (TPSA) is 38.6 Å². The molecule has 7 heteroatoms. The van der Waals surface area contributed by atoms with E-state index in [1.54, 1.807) is 30.6 Å². The predicted octanol–water partition coefficient (Wildman–Crippen LogP) is 4.32. The van der Waals surface area contributed by atoms with Crippen LogP contribution in [0.3, 0.4) is 0 Å². The number of aromatic nitrogens is 2. The molecule has 2 heterocycles. The van der Waals surface area contributed by atoms with Gasteiger partial charge >= 0.3 is 0 Å². The Bertz CT molecular complexity index is 753. The second-order valence-corrected chi connectivity index (χ2v) is 5.82. The number of benzene rings is 1. The lowest BCUT2D eigenvalue weighted by molar-refractivity contribution is 0.395. The van der Waals surface area contributed by atoms with Crippen LogP contribution in [0, 0.1) is 0 Å². The van der Waals surface area contributed by atoms with Gasteiger partial charge in [0.1, 0.15) is 5.69 Å². The van der Waals surface area contributed by atoms with Crippen molar-refractivity contribution < 1.29 is 4.74 Å². The predicted molar refractivity (Wildman–Crippen MR) is 83.4 cm³/mol. The van der Waals surface area contributed by atoms with E-state index in [4.69, 9.17) is 27.9 Å². The van der Waals surface area contributed by atoms with E-state index < -0.39 is 0 Å². The van der Waals surface area contributed by atoms with Crippen molar-refractivity contribution in [2.75, 3.05) is 12.4 Å². The van der Waals surface area contributed by atoms with Crippen molar-refractivity contribution in [3.8, 4) is 5.88 Å². The van der Waals surface area contributed by atoms with Gasteiger partial charge in [0.2, 0.25) is 5.88 Å². The minimum absolute atomic E-state index is 0.558. The molecule has 1 N–H and O–H groups in total. The van der Waals surface area contributed by atoms with Gasteiger partial charge in [0.05, 0.1) is 24.4 Å². The van der Waals surface area contributed by atoms with Crippen LogP contribution in [0.15, 0.2) is 29.8 Å². The van der Waals surface area contributed by atoms with Gasteiger partial charge in [-0.15, -0.1) is 11.3 Å². The molecule has 0 saturated carbocycles. The minimum atomic E-state index is 0.558. The molecule has 0 saturated heterocycles. The Morgan fingerprint density at radius 1 is 1.40 bits per heavy atom. The van der Waals surface area contributed by atoms with Gasteiger partial charge in [0.15, 0.2) is 4.96 Å². The summed E-state index contributed by atoms with van der Waals surface area (Å²) in [7, 11) is 1.62. The lowest BCUT2D eigenvalue weighted by Gasteiger charge is -2.09. The van der Waals surface area contributed by atoms with Crippen molar-refractivity contribution >= 4 is 45.2 Å². The Kier molecular flexibility index (Phi) is 3.74. The van der Waals surface area contributed by atoms with E-state index in [0.29, 0.717) is 22.5 Å². The zero-order valence-electron chi connectivity index (χ0n) is 10.6. The number of rotatable bonds is 4. The number of hydrogen-bond donors (Lipinski definition) is 1. The van der Waals surface area contributed by atoms with Crippen LogP contribution < -0.4 is 10.1 Å². The molecule has 0 atom stereocenters. The Labute approximate surface area is 129 Å². The molecule has 0 fully saturated rings. The zero-order valence-corrected chi connectivity index (χ0v) is 12.9. The average molecular weight is 328 g/mol. The first-order valence-corrected chi connectivity index (χ1v) is 7.50. The highest BCUT2D eigenvalue weighted by Crippen LogP contribution is 2.28. The number of imidazole rings is 1. The molecule has 0 amide bonds. The smallest absolute Gasteiger partial charge is 0.238 e. The molecular formula is C13H11Cl2N3OS. The first kappa shape index (κ1) is 13.5. The number of ether oxygens (including phenoxy) is 1. The maximum atomic E-state index is 6.14. The van der Waals surface area contributed by atoms with Crippen LogP contribution in [-0.2, 0) is 6.54 Å². The lowest BCUT2D eigenvalue weighted by atomic mass is 10.3. The number of hydrogen-bond acceptors (Lipinski definition) is 4. The van der Waals surface area contributed by atoms with Crippen molar-refractivity contribution in [3.63, 3.8) is 0 Å². The number of anilines is 1. The molecule has 3 aromatic rings. The third kappa shape index (κ3) is 2.44. The second-order valence-electron chi connectivity index (χ2n) is 4.10. The summed E-state index contributed by atoms with van der Waals surface area (Å²) in [4.78, 5) is 5.31. The molecule has 0 aliphatic carbocycles. The van der Waals surface area contributed by atoms with Crippen molar-refractivity contribution in [1.82, 2.24) is 9.38 Å². The normalized spacial score (nSPS) is 10.9. The summed E-state index contributed by atoms with van der Waals surface area (Å²) in [6.45, 7) is 0.558. The van der Waals surface area contributed by atoms with Gasteiger partial charge in [-0.3, -0.25) is 4.40 Å². The number of nitrogens with one attached hydrogen (secondary N) is 1. The molecular weight excluding hydrogens is 317 g/mol. The van der Waals surface area contributed by atoms with Crippen LogP contribution in [0.1, 0.15) is 5.69 Å². The van der Waals surface area contributed by atoms with Crippen LogP contribution in [0.5, 0.6) is 5.88 Å². The molecule has 104 valence electrons. The number of thiazole rings is 1. The standard InChI is InChI=1S/C13H11Cl2N3OS/c1-19-12-11(18-4-5-20-13(18)17-12)7-16-10-3-2-8(14)6-9(10)15/h2-6,16H,7H2,1H3. The molecule has 0 aliphatic rings. The Balaban J connectivity index is 1.87. The summed E-state index contributed by atoms with van der Waals surface area (Å²) in [5.74, 6) is 0.620. The zero-order chi connectivity index (χ0) is 14.1. The molecule has 0 unspecified atom stereocenters. The van der Waals surface area contributed by atoms with Gasteiger partial charge < -0.3 is 10.1 Å². The Morgan fingerprint density at radius 2 is 2.25 bits per heavy atom. The molecule has 4 nitrogen and oxygen atoms in total. The lowest BCUT2D eigenvalue weighted by Crippen LogP contribution is -2.04. The second kappa shape index (κ2) is 5.52. The van der Waals surface area contributed by atoms with E-state index in [-0.39, 0.29) is 0 Å². The first-order chi connectivity index (χ1) is 9.69. The van der Waals surface area contributed by atoms with E-state index in [1.807, 2.05) is 22.0 Å². The number of fused-ring (bicyclic) bond motifs is 1. The molecule has 0 radical (unpaired) electrons. The fourth-order valence-corrected chi connectivity index (χ4v) is 3.15. The third-order valence-electron chi connectivity index (χ3n) is 2.90. The highest BCUT2D eigenvalue weighted by Gasteiger charge is 2.13. The van der Waals surface area contributed by atoms with Gasteiger partial charge in [0.25, 0.3) is 0 Å². The maximum absolute atomic E-state index is 6.14. The van der Waals surface area contributed by atoms with Crippen molar-refractivity contribution in [2.24, 2.45) is 0 Å². The van der Waals surface area contributed by atoms with Gasteiger partial charge in [-0.2, -0.15) is 4.98 Å². The van der Waals surface area contributed by atoms with Crippen molar-refractivity contribution in [1.29, 1.82) is 0 Å². The SMILES string of the molecule is COc1nc2sccn2c1CNc1ccc(Cl)cc1Cl. The molecule has 3 rings (SSSR count). The average Bonchev–Trinajstić information content (AvgIpc) is 2.98. The summed E-state index contributed by atoms with van der Waals surface area (Å²) in [6.07, 6.45) is 1.97. The van der Waals surface area contributed by atoms with Crippen molar-refractivity contribution in [2.45, 2.75) is 6.54 Å². The highest BCUT2D eigenvalue weighted by molar-refractivity contribution is 7.15. The quantitative estimate of drug-likeness (QED) is 0.775. The summed E-state index contributed by atoms with van der Waals surface area (Å²) < 4.78 is 7.31. The van der Waals surface area contributed by atoms with E-state index in [2.05, 4.69) is 10.3 Å². The van der Waals surface area contributed by atoms with Crippen LogP contribution in [0.25, 0.3) is 4.96 Å². The molecule has 2 aromatic heterocycles. The van der Waals surface area contributed by atoms with Crippen LogP contribution in [-0.4, -0.2) is 16.5 Å². The summed E-state index contributed by atoms with van der Waals surface area (Å²) >= 11 is 13.6. The minimum Gasteiger partial charge on any atom is -0.480 e. The Morgan fingerprint density at radius 3 is 3.00 bits per heavy atom. The summed E-state index contributed by atoms with van der Waals surface area (Å²) in [5.41, 5.74) is 1.78. The van der Waals surface area contributed by atoms with Gasteiger partial charge in [-0.05, 0) is 18.2 Å². The van der Waals surface area contributed by atoms with Crippen LogP contribution in [0.4, 0.5) is 5.69 Å². The van der Waals surface area contributed by atoms with E-state index in [1.165, 1.54) is 0 Å². The summed E-state index contributed by atoms with van der Waals surface area (Å²) in [5, 5.41) is 6.46. The molecule has 20 heavy (non-hydrogen) atoms. The number of methoxy groups -OCH3 is 1. The fourth-order valence-electron chi connectivity index (χ4n) is 1.95. The van der Waals surface area contributed by atoms with E-state index >= 15 is 0 Å². The summed E-state index contributed by atoms with van der Waals surface area (Å²) in [6, 6.07) is 5.35. The van der Waals surface area contributed by atoms with Gasteiger partial charge in [0, 0.05) is 16.6 Å². The monoisotopic (exact) mass is 327 g/mol.